The molecule has 3 aromatic rings. The summed E-state index contributed by atoms with van der Waals surface area (Å²) in [4.78, 5) is 12.9. The molecule has 0 radical (unpaired) electrons. The predicted molar refractivity (Wildman–Crippen MR) is 108 cm³/mol. The molecule has 0 spiro atoms. The molecule has 3 rings (SSSR count). The average Bonchev–Trinajstić information content (AvgIpc) is 2.68. The predicted octanol–water partition coefficient (Wildman–Crippen LogP) is 5.44. The van der Waals surface area contributed by atoms with Crippen molar-refractivity contribution in [2.75, 3.05) is 0 Å². The SMILES string of the molecule is Cc1ccc(S(=O)(=O)[C@H](CC(=O)c2ccccc2)c2ccc(Cl)cc2)cc1. The number of hydrogen-bond donors (Lipinski definition) is 0. The average molecular weight is 399 g/mol. The zero-order valence-corrected chi connectivity index (χ0v) is 16.4. The van der Waals surface area contributed by atoms with Gasteiger partial charge in [0, 0.05) is 17.0 Å². The second-order valence-electron chi connectivity index (χ2n) is 6.39. The van der Waals surface area contributed by atoms with E-state index in [1.807, 2.05) is 13.0 Å². The van der Waals surface area contributed by atoms with Crippen molar-refractivity contribution in [1.29, 1.82) is 0 Å². The maximum atomic E-state index is 13.3. The first-order valence-corrected chi connectivity index (χ1v) is 10.4. The highest BCUT2D eigenvalue weighted by Gasteiger charge is 2.31. The van der Waals surface area contributed by atoms with Gasteiger partial charge in [0.25, 0.3) is 0 Å². The molecule has 0 amide bonds. The standard InChI is InChI=1S/C22H19ClO3S/c1-16-7-13-20(14-8-16)27(25,26)22(18-9-11-19(23)12-10-18)15-21(24)17-5-3-2-4-6-17/h2-14,22H,15H2,1H3/t22-/m1/s1. The summed E-state index contributed by atoms with van der Waals surface area (Å²) < 4.78 is 26.6. The molecule has 0 aliphatic rings. The van der Waals surface area contributed by atoms with Gasteiger partial charge in [-0.2, -0.15) is 0 Å². The Kier molecular flexibility index (Phi) is 5.78. The summed E-state index contributed by atoms with van der Waals surface area (Å²) in [6.07, 6.45) is -0.137. The molecule has 0 aliphatic carbocycles. The number of Topliss-reactive ketones (excluding diaryl/α,β-unsaturated/α-hetero) is 1. The number of benzene rings is 3. The van der Waals surface area contributed by atoms with E-state index in [1.54, 1.807) is 72.8 Å². The molecule has 0 unspecified atom stereocenters. The number of rotatable bonds is 6. The molecule has 0 bridgehead atoms. The number of aryl methyl sites for hydroxylation is 1. The van der Waals surface area contributed by atoms with Gasteiger partial charge in [-0.05, 0) is 36.8 Å². The summed E-state index contributed by atoms with van der Waals surface area (Å²) in [5.74, 6) is -0.216. The van der Waals surface area contributed by atoms with Crippen LogP contribution in [0.2, 0.25) is 5.02 Å². The molecule has 0 aliphatic heterocycles. The maximum absolute atomic E-state index is 13.3. The quantitative estimate of drug-likeness (QED) is 0.520. The zero-order chi connectivity index (χ0) is 19.4. The van der Waals surface area contributed by atoms with Crippen molar-refractivity contribution >= 4 is 27.2 Å². The van der Waals surface area contributed by atoms with Crippen LogP contribution >= 0.6 is 11.6 Å². The summed E-state index contributed by atoms with van der Waals surface area (Å²) >= 11 is 5.95. The van der Waals surface area contributed by atoms with Crippen LogP contribution < -0.4 is 0 Å². The minimum absolute atomic E-state index is 0.137. The molecule has 1 atom stereocenters. The van der Waals surface area contributed by atoms with Gasteiger partial charge in [-0.3, -0.25) is 4.79 Å². The van der Waals surface area contributed by atoms with Crippen molar-refractivity contribution in [3.05, 3.63) is 101 Å². The maximum Gasteiger partial charge on any atom is 0.185 e. The summed E-state index contributed by atoms with van der Waals surface area (Å²) in [6.45, 7) is 1.89. The van der Waals surface area contributed by atoms with E-state index in [2.05, 4.69) is 0 Å². The summed E-state index contributed by atoms with van der Waals surface area (Å²) in [5.41, 5.74) is 2.01. The highest BCUT2D eigenvalue weighted by Crippen LogP contribution is 2.33. The summed E-state index contributed by atoms with van der Waals surface area (Å²) in [7, 11) is -3.75. The van der Waals surface area contributed by atoms with E-state index in [1.165, 1.54) is 0 Å². The van der Waals surface area contributed by atoms with Gasteiger partial charge in [-0.1, -0.05) is 71.8 Å². The minimum Gasteiger partial charge on any atom is -0.294 e. The second kappa shape index (κ2) is 8.07. The van der Waals surface area contributed by atoms with Crippen molar-refractivity contribution < 1.29 is 13.2 Å². The lowest BCUT2D eigenvalue weighted by Crippen LogP contribution is -2.18. The van der Waals surface area contributed by atoms with Gasteiger partial charge in [-0.15, -0.1) is 0 Å². The van der Waals surface area contributed by atoms with Gasteiger partial charge in [0.15, 0.2) is 15.6 Å². The fourth-order valence-electron chi connectivity index (χ4n) is 2.89. The van der Waals surface area contributed by atoms with Crippen LogP contribution in [0, 0.1) is 6.92 Å². The van der Waals surface area contributed by atoms with Gasteiger partial charge < -0.3 is 0 Å². The van der Waals surface area contributed by atoms with E-state index in [0.29, 0.717) is 16.1 Å². The Bertz CT molecular complexity index is 1030. The molecule has 5 heteroatoms. The van der Waals surface area contributed by atoms with Crippen molar-refractivity contribution in [1.82, 2.24) is 0 Å². The lowest BCUT2D eigenvalue weighted by molar-refractivity contribution is 0.0980. The molecule has 3 nitrogen and oxygen atoms in total. The van der Waals surface area contributed by atoms with Gasteiger partial charge in [0.05, 0.1) is 10.1 Å². The molecular formula is C22H19ClO3S. The molecule has 0 N–H and O–H groups in total. The first-order chi connectivity index (χ1) is 12.9. The molecule has 0 heterocycles. The largest absolute Gasteiger partial charge is 0.294 e. The molecule has 27 heavy (non-hydrogen) atoms. The van der Waals surface area contributed by atoms with Crippen molar-refractivity contribution in [3.8, 4) is 0 Å². The van der Waals surface area contributed by atoms with Crippen LogP contribution in [0.1, 0.15) is 33.2 Å². The minimum atomic E-state index is -3.75. The number of halogens is 1. The fourth-order valence-corrected chi connectivity index (χ4v) is 4.74. The van der Waals surface area contributed by atoms with Gasteiger partial charge in [0.2, 0.25) is 0 Å². The third-order valence-corrected chi connectivity index (χ3v) is 6.80. The highest BCUT2D eigenvalue weighted by molar-refractivity contribution is 7.91. The first kappa shape index (κ1) is 19.3. The second-order valence-corrected chi connectivity index (χ2v) is 8.96. The molecule has 3 aromatic carbocycles. The van der Waals surface area contributed by atoms with Crippen LogP contribution in [0.5, 0.6) is 0 Å². The van der Waals surface area contributed by atoms with E-state index in [-0.39, 0.29) is 17.1 Å². The van der Waals surface area contributed by atoms with E-state index < -0.39 is 15.1 Å². The summed E-state index contributed by atoms with van der Waals surface area (Å²) in [5, 5.41) is -0.468. The molecule has 0 fully saturated rings. The molecule has 138 valence electrons. The zero-order valence-electron chi connectivity index (χ0n) is 14.8. The number of carbonyl (C=O) groups is 1. The van der Waals surface area contributed by atoms with Gasteiger partial charge >= 0.3 is 0 Å². The Morgan fingerprint density at radius 1 is 0.889 bits per heavy atom. The fraction of sp³-hybridized carbons (Fsp3) is 0.136. The molecule has 0 aromatic heterocycles. The lowest BCUT2D eigenvalue weighted by Gasteiger charge is -2.18. The third-order valence-electron chi connectivity index (χ3n) is 4.43. The Labute approximate surface area is 164 Å². The number of hydrogen-bond acceptors (Lipinski definition) is 3. The molecule has 0 saturated heterocycles. The van der Waals surface area contributed by atoms with Crippen molar-refractivity contribution in [2.24, 2.45) is 0 Å². The Morgan fingerprint density at radius 3 is 2.07 bits per heavy atom. The van der Waals surface area contributed by atoms with Crippen LogP contribution in [-0.2, 0) is 9.84 Å². The van der Waals surface area contributed by atoms with Crippen LogP contribution in [-0.4, -0.2) is 14.2 Å². The van der Waals surface area contributed by atoms with Crippen LogP contribution in [0.3, 0.4) is 0 Å². The number of ketones is 1. The Morgan fingerprint density at radius 2 is 1.48 bits per heavy atom. The smallest absolute Gasteiger partial charge is 0.185 e. The normalized spacial score (nSPS) is 12.5. The number of carbonyl (C=O) groups excluding carboxylic acids is 1. The van der Waals surface area contributed by atoms with Crippen LogP contribution in [0.4, 0.5) is 0 Å². The van der Waals surface area contributed by atoms with Crippen molar-refractivity contribution in [3.63, 3.8) is 0 Å². The van der Waals surface area contributed by atoms with E-state index >= 15 is 0 Å². The Hall–Kier alpha value is -2.43. The van der Waals surface area contributed by atoms with Gasteiger partial charge in [-0.25, -0.2) is 8.42 Å². The van der Waals surface area contributed by atoms with Gasteiger partial charge in [0.1, 0.15) is 0 Å². The highest BCUT2D eigenvalue weighted by atomic mass is 35.5. The van der Waals surface area contributed by atoms with E-state index in [9.17, 15) is 13.2 Å². The van der Waals surface area contributed by atoms with E-state index in [0.717, 1.165) is 5.56 Å². The Balaban J connectivity index is 2.03. The summed E-state index contributed by atoms with van der Waals surface area (Å²) in [6, 6.07) is 22.0. The monoisotopic (exact) mass is 398 g/mol. The van der Waals surface area contributed by atoms with Crippen LogP contribution in [0.15, 0.2) is 83.8 Å². The topological polar surface area (TPSA) is 51.2 Å². The molecular weight excluding hydrogens is 380 g/mol. The van der Waals surface area contributed by atoms with Crippen LogP contribution in [0.25, 0.3) is 0 Å². The third kappa shape index (κ3) is 4.46. The first-order valence-electron chi connectivity index (χ1n) is 8.52. The van der Waals surface area contributed by atoms with Crippen molar-refractivity contribution in [2.45, 2.75) is 23.5 Å². The molecule has 0 saturated carbocycles. The number of sulfone groups is 1. The lowest BCUT2D eigenvalue weighted by atomic mass is 10.0. The van der Waals surface area contributed by atoms with E-state index in [4.69, 9.17) is 11.6 Å².